The van der Waals surface area contributed by atoms with Crippen molar-refractivity contribution in [2.24, 2.45) is 5.92 Å². The number of anilines is 1. The van der Waals surface area contributed by atoms with Crippen molar-refractivity contribution in [3.8, 4) is 0 Å². The van der Waals surface area contributed by atoms with E-state index in [2.05, 4.69) is 16.8 Å². The first-order valence-corrected chi connectivity index (χ1v) is 4.16. The zero-order valence-corrected chi connectivity index (χ0v) is 7.16. The topological polar surface area (TPSA) is 55.3 Å². The van der Waals surface area contributed by atoms with Gasteiger partial charge >= 0.3 is 0 Å². The van der Waals surface area contributed by atoms with Crippen molar-refractivity contribution in [3.63, 3.8) is 0 Å². The Bertz CT molecular complexity index is 265. The Hall–Kier alpha value is -1.03. The number of hydrogen-bond donors (Lipinski definition) is 1. The minimum atomic E-state index is 0.263. The number of oxazole rings is 1. The van der Waals surface area contributed by atoms with Gasteiger partial charge in [-0.1, -0.05) is 6.92 Å². The van der Waals surface area contributed by atoms with Crippen LogP contribution in [0.15, 0.2) is 10.6 Å². The van der Waals surface area contributed by atoms with E-state index in [0.29, 0.717) is 0 Å². The summed E-state index contributed by atoms with van der Waals surface area (Å²) in [6, 6.07) is 0.263. The van der Waals surface area contributed by atoms with E-state index in [1.54, 1.807) is 6.20 Å². The van der Waals surface area contributed by atoms with E-state index in [0.717, 1.165) is 31.3 Å². The van der Waals surface area contributed by atoms with Gasteiger partial charge in [-0.3, -0.25) is 4.90 Å². The Morgan fingerprint density at radius 2 is 2.50 bits per heavy atom. The molecule has 0 aromatic carbocycles. The van der Waals surface area contributed by atoms with E-state index in [9.17, 15) is 0 Å². The molecule has 2 rings (SSSR count). The van der Waals surface area contributed by atoms with Crippen molar-refractivity contribution in [2.75, 3.05) is 18.8 Å². The Kier molecular flexibility index (Phi) is 1.77. The van der Waals surface area contributed by atoms with Crippen LogP contribution in [-0.4, -0.2) is 23.0 Å². The van der Waals surface area contributed by atoms with Gasteiger partial charge in [0.2, 0.25) is 0 Å². The standard InChI is InChI=1S/C8H13N3O/c1-6-3-11(4-6)5-7-2-10-8(9)12-7/h2,6H,3-5H2,1H3,(H2,9,10). The summed E-state index contributed by atoms with van der Waals surface area (Å²) >= 11 is 0. The Morgan fingerprint density at radius 1 is 1.75 bits per heavy atom. The Morgan fingerprint density at radius 3 is 3.00 bits per heavy atom. The molecule has 0 bridgehead atoms. The first-order valence-electron chi connectivity index (χ1n) is 4.16. The molecule has 0 unspecified atom stereocenters. The third-order valence-electron chi connectivity index (χ3n) is 2.09. The van der Waals surface area contributed by atoms with E-state index < -0.39 is 0 Å². The lowest BCUT2D eigenvalue weighted by atomic mass is 10.0. The lowest BCUT2D eigenvalue weighted by Crippen LogP contribution is -2.44. The van der Waals surface area contributed by atoms with E-state index in [4.69, 9.17) is 10.2 Å². The predicted molar refractivity (Wildman–Crippen MR) is 45.4 cm³/mol. The summed E-state index contributed by atoms with van der Waals surface area (Å²) < 4.78 is 5.15. The summed E-state index contributed by atoms with van der Waals surface area (Å²) in [5.74, 6) is 1.68. The van der Waals surface area contributed by atoms with Crippen LogP contribution in [0.2, 0.25) is 0 Å². The molecule has 1 aliphatic heterocycles. The number of nitrogens with zero attached hydrogens (tertiary/aromatic N) is 2. The normalized spacial score (nSPS) is 19.4. The number of nitrogens with two attached hydrogens (primary N) is 1. The lowest BCUT2D eigenvalue weighted by Gasteiger charge is -2.36. The maximum Gasteiger partial charge on any atom is 0.292 e. The van der Waals surface area contributed by atoms with Gasteiger partial charge in [-0.25, -0.2) is 4.98 Å². The molecule has 0 amide bonds. The largest absolute Gasteiger partial charge is 0.428 e. The van der Waals surface area contributed by atoms with E-state index in [1.807, 2.05) is 0 Å². The molecule has 1 aromatic rings. The summed E-state index contributed by atoms with van der Waals surface area (Å²) in [5, 5.41) is 0. The van der Waals surface area contributed by atoms with Gasteiger partial charge in [-0.05, 0) is 5.92 Å². The van der Waals surface area contributed by atoms with Crippen molar-refractivity contribution in [1.82, 2.24) is 9.88 Å². The monoisotopic (exact) mass is 167 g/mol. The Balaban J connectivity index is 1.88. The van der Waals surface area contributed by atoms with Crippen LogP contribution in [0, 0.1) is 5.92 Å². The zero-order valence-electron chi connectivity index (χ0n) is 7.16. The highest BCUT2D eigenvalue weighted by molar-refractivity contribution is 5.11. The Labute approximate surface area is 71.4 Å². The molecule has 1 saturated heterocycles. The quantitative estimate of drug-likeness (QED) is 0.704. The fraction of sp³-hybridized carbons (Fsp3) is 0.625. The maximum absolute atomic E-state index is 5.34. The van der Waals surface area contributed by atoms with Crippen molar-refractivity contribution in [2.45, 2.75) is 13.5 Å². The molecule has 1 aliphatic rings. The molecule has 1 fully saturated rings. The van der Waals surface area contributed by atoms with Gasteiger partial charge < -0.3 is 10.2 Å². The van der Waals surface area contributed by atoms with Gasteiger partial charge in [0.25, 0.3) is 6.01 Å². The first-order chi connectivity index (χ1) is 5.74. The molecule has 1 aromatic heterocycles. The smallest absolute Gasteiger partial charge is 0.292 e. The lowest BCUT2D eigenvalue weighted by molar-refractivity contribution is 0.0965. The second-order valence-electron chi connectivity index (χ2n) is 3.46. The fourth-order valence-corrected chi connectivity index (χ4v) is 1.57. The van der Waals surface area contributed by atoms with Crippen molar-refractivity contribution < 1.29 is 4.42 Å². The zero-order chi connectivity index (χ0) is 8.55. The van der Waals surface area contributed by atoms with Crippen LogP contribution in [-0.2, 0) is 6.54 Å². The molecule has 4 nitrogen and oxygen atoms in total. The van der Waals surface area contributed by atoms with E-state index in [1.165, 1.54) is 0 Å². The predicted octanol–water partition coefficient (Wildman–Crippen LogP) is 0.709. The van der Waals surface area contributed by atoms with Crippen LogP contribution in [0.1, 0.15) is 12.7 Å². The molecule has 0 atom stereocenters. The second-order valence-corrected chi connectivity index (χ2v) is 3.46. The molecule has 12 heavy (non-hydrogen) atoms. The molecular weight excluding hydrogens is 154 g/mol. The molecule has 2 heterocycles. The number of aromatic nitrogens is 1. The van der Waals surface area contributed by atoms with Gasteiger partial charge in [0.05, 0.1) is 12.7 Å². The number of likely N-dealkylation sites (tertiary alicyclic amines) is 1. The summed E-state index contributed by atoms with van der Waals surface area (Å²) in [4.78, 5) is 6.14. The average Bonchev–Trinajstić information content (AvgIpc) is 2.33. The number of nitrogen functional groups attached to an aromatic ring is 1. The molecule has 0 saturated carbocycles. The first kappa shape index (κ1) is 7.61. The highest BCUT2D eigenvalue weighted by atomic mass is 16.4. The second kappa shape index (κ2) is 2.79. The van der Waals surface area contributed by atoms with Gasteiger partial charge in [-0.2, -0.15) is 0 Å². The van der Waals surface area contributed by atoms with Gasteiger partial charge in [0.1, 0.15) is 5.76 Å². The molecule has 4 heteroatoms. The maximum atomic E-state index is 5.34. The number of rotatable bonds is 2. The van der Waals surface area contributed by atoms with Gasteiger partial charge in [0, 0.05) is 13.1 Å². The van der Waals surface area contributed by atoms with Crippen molar-refractivity contribution in [1.29, 1.82) is 0 Å². The molecule has 2 N–H and O–H groups in total. The minimum absolute atomic E-state index is 0.263. The molecule has 66 valence electrons. The van der Waals surface area contributed by atoms with Crippen LogP contribution < -0.4 is 5.73 Å². The van der Waals surface area contributed by atoms with Crippen LogP contribution in [0.3, 0.4) is 0 Å². The fourth-order valence-electron chi connectivity index (χ4n) is 1.57. The number of hydrogen-bond acceptors (Lipinski definition) is 4. The van der Waals surface area contributed by atoms with Crippen LogP contribution in [0.4, 0.5) is 6.01 Å². The molecule has 0 spiro atoms. The van der Waals surface area contributed by atoms with E-state index in [-0.39, 0.29) is 6.01 Å². The average molecular weight is 167 g/mol. The molecule has 0 aliphatic carbocycles. The van der Waals surface area contributed by atoms with Crippen LogP contribution >= 0.6 is 0 Å². The summed E-state index contributed by atoms with van der Waals surface area (Å²) in [5.41, 5.74) is 5.34. The third kappa shape index (κ3) is 1.43. The van der Waals surface area contributed by atoms with Crippen LogP contribution in [0.25, 0.3) is 0 Å². The van der Waals surface area contributed by atoms with Crippen molar-refractivity contribution in [3.05, 3.63) is 12.0 Å². The van der Waals surface area contributed by atoms with E-state index >= 15 is 0 Å². The highest BCUT2D eigenvalue weighted by Gasteiger charge is 2.23. The van der Waals surface area contributed by atoms with Gasteiger partial charge in [-0.15, -0.1) is 0 Å². The summed E-state index contributed by atoms with van der Waals surface area (Å²) in [6.07, 6.45) is 1.69. The molecule has 0 radical (unpaired) electrons. The summed E-state index contributed by atoms with van der Waals surface area (Å²) in [6.45, 7) is 5.39. The minimum Gasteiger partial charge on any atom is -0.428 e. The van der Waals surface area contributed by atoms with Crippen molar-refractivity contribution >= 4 is 6.01 Å². The third-order valence-corrected chi connectivity index (χ3v) is 2.09. The van der Waals surface area contributed by atoms with Crippen LogP contribution in [0.5, 0.6) is 0 Å². The highest BCUT2D eigenvalue weighted by Crippen LogP contribution is 2.18. The molecular formula is C8H13N3O. The summed E-state index contributed by atoms with van der Waals surface area (Å²) in [7, 11) is 0. The SMILES string of the molecule is CC1CN(Cc2cnc(N)o2)C1. The van der Waals surface area contributed by atoms with Gasteiger partial charge in [0.15, 0.2) is 0 Å².